The lowest BCUT2D eigenvalue weighted by atomic mass is 10.1. The van der Waals surface area contributed by atoms with Gasteiger partial charge in [0.25, 0.3) is 0 Å². The second kappa shape index (κ2) is 6.12. The molecular weight excluding hydrogens is 236 g/mol. The molecule has 0 amide bonds. The highest BCUT2D eigenvalue weighted by atomic mass is 15.2. The summed E-state index contributed by atoms with van der Waals surface area (Å²) >= 11 is 0. The molecule has 0 aromatic carbocycles. The van der Waals surface area contributed by atoms with Crippen LogP contribution in [0.3, 0.4) is 0 Å². The highest BCUT2D eigenvalue weighted by Crippen LogP contribution is 2.34. The second-order valence-electron chi connectivity index (χ2n) is 7.04. The summed E-state index contributed by atoms with van der Waals surface area (Å²) in [4.78, 5) is 6.96. The van der Waals surface area contributed by atoms with Gasteiger partial charge in [0.05, 0.1) is 0 Å². The van der Waals surface area contributed by atoms with Gasteiger partial charge in [-0.05, 0) is 52.4 Å². The van der Waals surface area contributed by atoms with Crippen LogP contribution in [-0.4, -0.2) is 49.1 Å². The first kappa shape index (κ1) is 14.6. The molecule has 2 aliphatic carbocycles. The Bertz CT molecular complexity index is 311. The molecule has 4 nitrogen and oxygen atoms in total. The Labute approximate surface area is 118 Å². The molecule has 2 saturated carbocycles. The number of guanidine groups is 1. The molecule has 0 aromatic rings. The topological polar surface area (TPSA) is 39.7 Å². The molecule has 19 heavy (non-hydrogen) atoms. The first-order valence-corrected chi connectivity index (χ1v) is 7.71. The van der Waals surface area contributed by atoms with Crippen molar-refractivity contribution in [3.05, 3.63) is 0 Å². The SMILES string of the molecule is CN=C(NCCN(CC1CC1)C1CC1)NC(C)(C)C. The van der Waals surface area contributed by atoms with Gasteiger partial charge >= 0.3 is 0 Å². The summed E-state index contributed by atoms with van der Waals surface area (Å²) in [5.74, 6) is 1.90. The lowest BCUT2D eigenvalue weighted by molar-refractivity contribution is 0.256. The van der Waals surface area contributed by atoms with Gasteiger partial charge in [0.2, 0.25) is 0 Å². The number of hydrogen-bond donors (Lipinski definition) is 2. The van der Waals surface area contributed by atoms with Gasteiger partial charge in [0.1, 0.15) is 0 Å². The molecule has 0 radical (unpaired) electrons. The van der Waals surface area contributed by atoms with Crippen molar-refractivity contribution in [1.29, 1.82) is 0 Å². The lowest BCUT2D eigenvalue weighted by Crippen LogP contribution is -2.49. The maximum Gasteiger partial charge on any atom is 0.191 e. The zero-order chi connectivity index (χ0) is 13.9. The van der Waals surface area contributed by atoms with Crippen molar-refractivity contribution in [2.45, 2.75) is 58.0 Å². The molecule has 0 bridgehead atoms. The number of hydrogen-bond acceptors (Lipinski definition) is 2. The molecule has 2 fully saturated rings. The third-order valence-electron chi connectivity index (χ3n) is 3.66. The van der Waals surface area contributed by atoms with Gasteiger partial charge in [-0.25, -0.2) is 0 Å². The fourth-order valence-electron chi connectivity index (χ4n) is 2.35. The third-order valence-corrected chi connectivity index (χ3v) is 3.66. The fourth-order valence-corrected chi connectivity index (χ4v) is 2.35. The molecule has 110 valence electrons. The maximum absolute atomic E-state index is 4.28. The summed E-state index contributed by atoms with van der Waals surface area (Å²) in [6.45, 7) is 9.92. The molecule has 0 unspecified atom stereocenters. The molecule has 4 heteroatoms. The minimum Gasteiger partial charge on any atom is -0.355 e. The van der Waals surface area contributed by atoms with Crippen molar-refractivity contribution in [1.82, 2.24) is 15.5 Å². The summed E-state index contributed by atoms with van der Waals surface area (Å²) in [5, 5.41) is 6.83. The monoisotopic (exact) mass is 266 g/mol. The highest BCUT2D eigenvalue weighted by molar-refractivity contribution is 5.80. The minimum absolute atomic E-state index is 0.0615. The van der Waals surface area contributed by atoms with E-state index in [-0.39, 0.29) is 5.54 Å². The van der Waals surface area contributed by atoms with E-state index in [1.807, 2.05) is 7.05 Å². The average Bonchev–Trinajstić information content (AvgIpc) is 3.16. The van der Waals surface area contributed by atoms with Gasteiger partial charge in [-0.3, -0.25) is 9.89 Å². The predicted molar refractivity (Wildman–Crippen MR) is 81.6 cm³/mol. The van der Waals surface area contributed by atoms with Crippen LogP contribution in [0.4, 0.5) is 0 Å². The molecule has 2 N–H and O–H groups in total. The van der Waals surface area contributed by atoms with Crippen LogP contribution >= 0.6 is 0 Å². The van der Waals surface area contributed by atoms with E-state index in [1.54, 1.807) is 0 Å². The average molecular weight is 266 g/mol. The van der Waals surface area contributed by atoms with Gasteiger partial charge < -0.3 is 10.6 Å². The number of nitrogens with one attached hydrogen (secondary N) is 2. The Kier molecular flexibility index (Phi) is 4.71. The maximum atomic E-state index is 4.28. The fraction of sp³-hybridized carbons (Fsp3) is 0.933. The van der Waals surface area contributed by atoms with Crippen LogP contribution in [0.25, 0.3) is 0 Å². The summed E-state index contributed by atoms with van der Waals surface area (Å²) in [7, 11) is 1.84. The van der Waals surface area contributed by atoms with Gasteiger partial charge in [-0.15, -0.1) is 0 Å². The largest absolute Gasteiger partial charge is 0.355 e. The molecule has 0 aromatic heterocycles. The lowest BCUT2D eigenvalue weighted by Gasteiger charge is -2.26. The summed E-state index contributed by atoms with van der Waals surface area (Å²) in [5.41, 5.74) is 0.0615. The molecule has 0 spiro atoms. The molecule has 0 aliphatic heterocycles. The van der Waals surface area contributed by atoms with Crippen molar-refractivity contribution < 1.29 is 0 Å². The van der Waals surface area contributed by atoms with Crippen LogP contribution in [0, 0.1) is 5.92 Å². The predicted octanol–water partition coefficient (Wildman–Crippen LogP) is 1.82. The summed E-state index contributed by atoms with van der Waals surface area (Å²) in [6.07, 6.45) is 5.71. The molecular formula is C15H30N4. The van der Waals surface area contributed by atoms with Crippen molar-refractivity contribution in [2.24, 2.45) is 10.9 Å². The second-order valence-corrected chi connectivity index (χ2v) is 7.04. The van der Waals surface area contributed by atoms with Crippen LogP contribution in [0.15, 0.2) is 4.99 Å². The molecule has 0 saturated heterocycles. The van der Waals surface area contributed by atoms with E-state index in [1.165, 1.54) is 32.2 Å². The van der Waals surface area contributed by atoms with E-state index >= 15 is 0 Å². The Morgan fingerprint density at radius 3 is 2.37 bits per heavy atom. The number of rotatable bonds is 6. The third kappa shape index (κ3) is 5.81. The van der Waals surface area contributed by atoms with Crippen LogP contribution in [0.1, 0.15) is 46.5 Å². The van der Waals surface area contributed by atoms with Crippen molar-refractivity contribution in [3.63, 3.8) is 0 Å². The molecule has 0 atom stereocenters. The Balaban J connectivity index is 1.68. The Morgan fingerprint density at radius 2 is 1.89 bits per heavy atom. The van der Waals surface area contributed by atoms with Crippen LogP contribution < -0.4 is 10.6 Å². The van der Waals surface area contributed by atoms with E-state index < -0.39 is 0 Å². The zero-order valence-electron chi connectivity index (χ0n) is 13.0. The molecule has 0 heterocycles. The summed E-state index contributed by atoms with van der Waals surface area (Å²) in [6, 6.07) is 0.875. The van der Waals surface area contributed by atoms with Crippen molar-refractivity contribution in [3.8, 4) is 0 Å². The van der Waals surface area contributed by atoms with E-state index in [2.05, 4.69) is 41.3 Å². The van der Waals surface area contributed by atoms with Gasteiger partial charge in [-0.1, -0.05) is 0 Å². The molecule has 2 aliphatic rings. The van der Waals surface area contributed by atoms with Crippen molar-refractivity contribution >= 4 is 5.96 Å². The van der Waals surface area contributed by atoms with E-state index in [0.29, 0.717) is 0 Å². The highest BCUT2D eigenvalue weighted by Gasteiger charge is 2.33. The van der Waals surface area contributed by atoms with Gasteiger partial charge in [-0.2, -0.15) is 0 Å². The van der Waals surface area contributed by atoms with Gasteiger partial charge in [0.15, 0.2) is 5.96 Å². The van der Waals surface area contributed by atoms with Gasteiger partial charge in [0, 0.05) is 38.3 Å². The van der Waals surface area contributed by atoms with Crippen LogP contribution in [0.2, 0.25) is 0 Å². The van der Waals surface area contributed by atoms with E-state index in [9.17, 15) is 0 Å². The first-order chi connectivity index (χ1) is 8.98. The summed E-state index contributed by atoms with van der Waals surface area (Å²) < 4.78 is 0. The minimum atomic E-state index is 0.0615. The van der Waals surface area contributed by atoms with Crippen LogP contribution in [0.5, 0.6) is 0 Å². The van der Waals surface area contributed by atoms with Crippen molar-refractivity contribution in [2.75, 3.05) is 26.7 Å². The standard InChI is InChI=1S/C15H30N4/c1-15(2,3)18-14(16-4)17-9-10-19(13-7-8-13)11-12-5-6-12/h12-13H,5-11H2,1-4H3,(H2,16,17,18). The van der Waals surface area contributed by atoms with E-state index in [0.717, 1.165) is 31.0 Å². The quantitative estimate of drug-likeness (QED) is 0.569. The Hall–Kier alpha value is -0.770. The first-order valence-electron chi connectivity index (χ1n) is 7.71. The number of aliphatic imine (C=N–C) groups is 1. The zero-order valence-corrected chi connectivity index (χ0v) is 13.0. The van der Waals surface area contributed by atoms with Crippen LogP contribution in [-0.2, 0) is 0 Å². The normalized spacial score (nSPS) is 20.8. The Morgan fingerprint density at radius 1 is 1.21 bits per heavy atom. The smallest absolute Gasteiger partial charge is 0.191 e. The van der Waals surface area contributed by atoms with E-state index in [4.69, 9.17) is 0 Å². The molecule has 2 rings (SSSR count). The number of nitrogens with zero attached hydrogens (tertiary/aromatic N) is 2.